The number of quaternary nitrogens is 1. The molecule has 0 aliphatic carbocycles. The number of amides is 1. The minimum absolute atomic E-state index is 0.173. The predicted molar refractivity (Wildman–Crippen MR) is 112 cm³/mol. The molecule has 150 valence electrons. The number of carbonyl (C=O) groups is 1. The molecule has 2 N–H and O–H groups in total. The van der Waals surface area contributed by atoms with Gasteiger partial charge in [-0.3, -0.25) is 4.79 Å². The standard InChI is InChI=1S/C22H29N3O3/c1-5-24-10-12-25(13-11-24)19-8-7-18(14-16(19)2)23-22(26)17-6-9-20(27-3)21(15-17)28-4/h6-9,14-15H,5,10-13H2,1-4H3,(H,23,26)/p+1. The molecule has 0 aromatic heterocycles. The lowest BCUT2D eigenvalue weighted by Gasteiger charge is -2.34. The van der Waals surface area contributed by atoms with Crippen LogP contribution in [-0.4, -0.2) is 52.9 Å². The van der Waals surface area contributed by atoms with Gasteiger partial charge in [0.25, 0.3) is 5.91 Å². The molecular formula is C22H30N3O3+. The Hall–Kier alpha value is -2.73. The number of hydrogen-bond donors (Lipinski definition) is 2. The summed E-state index contributed by atoms with van der Waals surface area (Å²) in [6, 6.07) is 11.3. The van der Waals surface area contributed by atoms with E-state index in [2.05, 4.69) is 30.1 Å². The van der Waals surface area contributed by atoms with Gasteiger partial charge in [-0.25, -0.2) is 0 Å². The number of aryl methyl sites for hydroxylation is 1. The van der Waals surface area contributed by atoms with Crippen molar-refractivity contribution in [3.8, 4) is 11.5 Å². The zero-order chi connectivity index (χ0) is 20.1. The van der Waals surface area contributed by atoms with Crippen LogP contribution in [0.5, 0.6) is 11.5 Å². The third kappa shape index (κ3) is 4.39. The van der Waals surface area contributed by atoms with Gasteiger partial charge < -0.3 is 24.6 Å². The van der Waals surface area contributed by atoms with Crippen molar-refractivity contribution in [1.82, 2.24) is 0 Å². The Kier molecular flexibility index (Phi) is 6.41. The summed E-state index contributed by atoms with van der Waals surface area (Å²) in [5, 5.41) is 2.98. The molecule has 0 spiro atoms. The van der Waals surface area contributed by atoms with E-state index >= 15 is 0 Å². The van der Waals surface area contributed by atoms with E-state index in [0.29, 0.717) is 17.1 Å². The minimum Gasteiger partial charge on any atom is -0.493 e. The first-order chi connectivity index (χ1) is 13.5. The lowest BCUT2D eigenvalue weighted by molar-refractivity contribution is -0.898. The maximum absolute atomic E-state index is 12.6. The van der Waals surface area contributed by atoms with Gasteiger partial charge in [0.1, 0.15) is 0 Å². The molecule has 28 heavy (non-hydrogen) atoms. The van der Waals surface area contributed by atoms with Crippen LogP contribution in [0.25, 0.3) is 0 Å². The van der Waals surface area contributed by atoms with E-state index in [4.69, 9.17) is 9.47 Å². The van der Waals surface area contributed by atoms with Gasteiger partial charge in [0.2, 0.25) is 0 Å². The van der Waals surface area contributed by atoms with Gasteiger partial charge in [0, 0.05) is 16.9 Å². The number of carbonyl (C=O) groups excluding carboxylic acids is 1. The zero-order valence-electron chi connectivity index (χ0n) is 17.2. The van der Waals surface area contributed by atoms with Crippen LogP contribution in [-0.2, 0) is 0 Å². The minimum atomic E-state index is -0.173. The summed E-state index contributed by atoms with van der Waals surface area (Å²) >= 11 is 0. The molecule has 0 bridgehead atoms. The van der Waals surface area contributed by atoms with Gasteiger partial charge in [0.05, 0.1) is 46.9 Å². The molecule has 1 aliphatic rings. The quantitative estimate of drug-likeness (QED) is 0.800. The van der Waals surface area contributed by atoms with E-state index in [9.17, 15) is 4.79 Å². The molecule has 2 aromatic rings. The van der Waals surface area contributed by atoms with E-state index in [1.54, 1.807) is 37.3 Å². The summed E-state index contributed by atoms with van der Waals surface area (Å²) in [6.45, 7) is 10.0. The number of piperazine rings is 1. The van der Waals surface area contributed by atoms with E-state index < -0.39 is 0 Å². The smallest absolute Gasteiger partial charge is 0.255 e. The molecule has 6 nitrogen and oxygen atoms in total. The van der Waals surface area contributed by atoms with E-state index in [0.717, 1.165) is 18.8 Å². The fourth-order valence-corrected chi connectivity index (χ4v) is 3.69. The number of rotatable bonds is 6. The highest BCUT2D eigenvalue weighted by molar-refractivity contribution is 6.04. The fourth-order valence-electron chi connectivity index (χ4n) is 3.69. The summed E-state index contributed by atoms with van der Waals surface area (Å²) in [5.41, 5.74) is 3.74. The zero-order valence-corrected chi connectivity index (χ0v) is 17.2. The van der Waals surface area contributed by atoms with Crippen molar-refractivity contribution in [2.45, 2.75) is 13.8 Å². The van der Waals surface area contributed by atoms with Gasteiger partial charge in [-0.05, 0) is 55.8 Å². The monoisotopic (exact) mass is 384 g/mol. The van der Waals surface area contributed by atoms with Crippen LogP contribution in [0.1, 0.15) is 22.8 Å². The number of nitrogens with one attached hydrogen (secondary N) is 2. The Balaban J connectivity index is 1.70. The molecule has 1 heterocycles. The summed E-state index contributed by atoms with van der Waals surface area (Å²) < 4.78 is 10.5. The van der Waals surface area contributed by atoms with Crippen molar-refractivity contribution in [2.75, 3.05) is 57.2 Å². The Bertz CT molecular complexity index is 830. The first kappa shape index (κ1) is 20.0. The molecule has 6 heteroatoms. The number of anilines is 2. The van der Waals surface area contributed by atoms with Gasteiger partial charge in [0.15, 0.2) is 11.5 Å². The van der Waals surface area contributed by atoms with E-state index in [-0.39, 0.29) is 5.91 Å². The topological polar surface area (TPSA) is 55.2 Å². The van der Waals surface area contributed by atoms with Crippen LogP contribution >= 0.6 is 0 Å². The van der Waals surface area contributed by atoms with E-state index in [1.165, 1.54) is 30.9 Å². The largest absolute Gasteiger partial charge is 0.493 e. The highest BCUT2D eigenvalue weighted by atomic mass is 16.5. The van der Waals surface area contributed by atoms with Gasteiger partial charge in [-0.1, -0.05) is 0 Å². The second-order valence-corrected chi connectivity index (χ2v) is 7.12. The summed E-state index contributed by atoms with van der Waals surface area (Å²) in [4.78, 5) is 16.7. The summed E-state index contributed by atoms with van der Waals surface area (Å²) in [6.07, 6.45) is 0. The number of benzene rings is 2. The SMILES string of the molecule is CC[NH+]1CCN(c2ccc(NC(=O)c3ccc(OC)c(OC)c3)cc2C)CC1. The Labute approximate surface area is 167 Å². The lowest BCUT2D eigenvalue weighted by Crippen LogP contribution is -3.14. The van der Waals surface area contributed by atoms with E-state index in [1.807, 2.05) is 12.1 Å². The Morgan fingerprint density at radius 3 is 2.39 bits per heavy atom. The molecule has 1 aliphatic heterocycles. The van der Waals surface area contributed by atoms with Crippen molar-refractivity contribution in [1.29, 1.82) is 0 Å². The Morgan fingerprint density at radius 1 is 1.07 bits per heavy atom. The maximum Gasteiger partial charge on any atom is 0.255 e. The number of ether oxygens (including phenoxy) is 2. The number of nitrogens with zero attached hydrogens (tertiary/aromatic N) is 1. The lowest BCUT2D eigenvalue weighted by atomic mass is 10.1. The summed E-state index contributed by atoms with van der Waals surface area (Å²) in [5.74, 6) is 0.965. The highest BCUT2D eigenvalue weighted by Crippen LogP contribution is 2.28. The molecule has 0 saturated carbocycles. The van der Waals surface area contributed by atoms with Crippen molar-refractivity contribution >= 4 is 17.3 Å². The molecule has 0 unspecified atom stereocenters. The van der Waals surface area contributed by atoms with Gasteiger partial charge in [-0.15, -0.1) is 0 Å². The fraction of sp³-hybridized carbons (Fsp3) is 0.409. The maximum atomic E-state index is 12.6. The molecule has 1 saturated heterocycles. The molecule has 1 amide bonds. The third-order valence-electron chi connectivity index (χ3n) is 5.41. The highest BCUT2D eigenvalue weighted by Gasteiger charge is 2.20. The van der Waals surface area contributed by atoms with Crippen LogP contribution in [0.15, 0.2) is 36.4 Å². The second kappa shape index (κ2) is 8.97. The van der Waals surface area contributed by atoms with Gasteiger partial charge in [-0.2, -0.15) is 0 Å². The average Bonchev–Trinajstić information content (AvgIpc) is 2.73. The molecule has 0 radical (unpaired) electrons. The molecule has 0 atom stereocenters. The van der Waals surface area contributed by atoms with Crippen molar-refractivity contribution in [3.05, 3.63) is 47.5 Å². The van der Waals surface area contributed by atoms with Crippen LogP contribution in [0.3, 0.4) is 0 Å². The number of methoxy groups -OCH3 is 2. The van der Waals surface area contributed by atoms with Crippen molar-refractivity contribution in [2.24, 2.45) is 0 Å². The van der Waals surface area contributed by atoms with Gasteiger partial charge >= 0.3 is 0 Å². The van der Waals surface area contributed by atoms with Crippen molar-refractivity contribution in [3.63, 3.8) is 0 Å². The van der Waals surface area contributed by atoms with Crippen LogP contribution in [0.4, 0.5) is 11.4 Å². The normalized spacial score (nSPS) is 14.6. The van der Waals surface area contributed by atoms with Crippen molar-refractivity contribution < 1.29 is 19.2 Å². The Morgan fingerprint density at radius 2 is 1.79 bits per heavy atom. The average molecular weight is 385 g/mol. The molecular weight excluding hydrogens is 354 g/mol. The molecule has 2 aromatic carbocycles. The first-order valence-electron chi connectivity index (χ1n) is 9.78. The number of hydrogen-bond acceptors (Lipinski definition) is 4. The first-order valence-corrected chi connectivity index (χ1v) is 9.78. The van der Waals surface area contributed by atoms with Crippen LogP contribution < -0.4 is 24.6 Å². The summed E-state index contributed by atoms with van der Waals surface area (Å²) in [7, 11) is 3.13. The van der Waals surface area contributed by atoms with Crippen LogP contribution in [0.2, 0.25) is 0 Å². The molecule has 1 fully saturated rings. The number of likely N-dealkylation sites (N-methyl/N-ethyl adjacent to an activating group) is 1. The third-order valence-corrected chi connectivity index (χ3v) is 5.41. The predicted octanol–water partition coefficient (Wildman–Crippen LogP) is 1.99. The second-order valence-electron chi connectivity index (χ2n) is 7.12. The molecule has 3 rings (SSSR count). The van der Waals surface area contributed by atoms with Crippen LogP contribution in [0, 0.1) is 6.92 Å².